The number of ether oxygens (including phenoxy) is 1. The average Bonchev–Trinajstić information content (AvgIpc) is 3.09. The normalized spacial score (nSPS) is 10.5. The fourth-order valence-electron chi connectivity index (χ4n) is 2.63. The predicted molar refractivity (Wildman–Crippen MR) is 104 cm³/mol. The van der Waals surface area contributed by atoms with Crippen molar-refractivity contribution in [2.24, 2.45) is 0 Å². The van der Waals surface area contributed by atoms with Crippen molar-refractivity contribution in [3.05, 3.63) is 59.0 Å². The Hall–Kier alpha value is -2.86. The highest BCUT2D eigenvalue weighted by atomic mass is 32.1. The van der Waals surface area contributed by atoms with Gasteiger partial charge in [-0.25, -0.2) is 4.98 Å². The molecule has 0 aliphatic carbocycles. The number of methoxy groups -OCH3 is 1. The Morgan fingerprint density at radius 1 is 1.27 bits per heavy atom. The van der Waals surface area contributed by atoms with Crippen molar-refractivity contribution in [3.63, 3.8) is 0 Å². The Morgan fingerprint density at radius 3 is 2.85 bits per heavy atom. The Labute approximate surface area is 156 Å². The molecule has 3 aromatic rings. The van der Waals surface area contributed by atoms with Crippen LogP contribution in [-0.2, 0) is 11.2 Å². The third-order valence-electron chi connectivity index (χ3n) is 3.99. The summed E-state index contributed by atoms with van der Waals surface area (Å²) in [7, 11) is 1.63. The van der Waals surface area contributed by atoms with Gasteiger partial charge in [0.2, 0.25) is 5.91 Å². The van der Waals surface area contributed by atoms with E-state index in [-0.39, 0.29) is 18.1 Å². The van der Waals surface area contributed by atoms with Gasteiger partial charge in [0.15, 0.2) is 5.13 Å². The molecule has 0 saturated heterocycles. The first-order valence-corrected chi connectivity index (χ1v) is 9.12. The van der Waals surface area contributed by atoms with Gasteiger partial charge in [0.25, 0.3) is 0 Å². The lowest BCUT2D eigenvalue weighted by Gasteiger charge is -2.07. The molecule has 0 fully saturated rings. The van der Waals surface area contributed by atoms with Gasteiger partial charge >= 0.3 is 0 Å². The van der Waals surface area contributed by atoms with Gasteiger partial charge in [-0.05, 0) is 37.1 Å². The number of rotatable bonds is 6. The molecule has 2 N–H and O–H groups in total. The predicted octanol–water partition coefficient (Wildman–Crippen LogP) is 4.40. The minimum absolute atomic E-state index is 0.134. The second-order valence-corrected chi connectivity index (χ2v) is 6.78. The van der Waals surface area contributed by atoms with E-state index in [4.69, 9.17) is 4.74 Å². The zero-order valence-electron chi connectivity index (χ0n) is 14.7. The largest absolute Gasteiger partial charge is 0.508 e. The Balaban J connectivity index is 1.66. The van der Waals surface area contributed by atoms with E-state index in [0.29, 0.717) is 11.6 Å². The summed E-state index contributed by atoms with van der Waals surface area (Å²) in [5.74, 6) is 0.826. The summed E-state index contributed by atoms with van der Waals surface area (Å²) in [6, 6.07) is 12.9. The maximum atomic E-state index is 12.2. The Morgan fingerprint density at radius 2 is 2.08 bits per heavy atom. The van der Waals surface area contributed by atoms with Crippen molar-refractivity contribution in [1.82, 2.24) is 4.98 Å². The van der Waals surface area contributed by atoms with E-state index >= 15 is 0 Å². The summed E-state index contributed by atoms with van der Waals surface area (Å²) in [4.78, 5) is 16.7. The first-order chi connectivity index (χ1) is 12.6. The van der Waals surface area contributed by atoms with Gasteiger partial charge in [0.05, 0.1) is 12.8 Å². The number of para-hydroxylation sites is 1. The number of hydrogen-bond acceptors (Lipinski definition) is 5. The molecule has 0 atom stereocenters. The smallest absolute Gasteiger partial charge is 0.226 e. The number of benzene rings is 2. The molecule has 1 aromatic heterocycles. The van der Waals surface area contributed by atoms with Crippen LogP contribution < -0.4 is 10.1 Å². The van der Waals surface area contributed by atoms with E-state index in [9.17, 15) is 9.90 Å². The lowest BCUT2D eigenvalue weighted by atomic mass is 10.1. The molecule has 0 unspecified atom stereocenters. The Bertz CT molecular complexity index is 921. The van der Waals surface area contributed by atoms with Crippen molar-refractivity contribution < 1.29 is 14.6 Å². The fraction of sp³-hybridized carbons (Fsp3) is 0.200. The molecule has 134 valence electrons. The number of nitrogens with one attached hydrogen (secondary N) is 1. The maximum Gasteiger partial charge on any atom is 0.226 e. The highest BCUT2D eigenvalue weighted by Crippen LogP contribution is 2.33. The molecule has 0 spiro atoms. The summed E-state index contributed by atoms with van der Waals surface area (Å²) in [6.45, 7) is 2.01. The molecule has 2 aromatic carbocycles. The molecule has 1 heterocycles. The van der Waals surface area contributed by atoms with Crippen LogP contribution in [0.4, 0.5) is 5.13 Å². The van der Waals surface area contributed by atoms with E-state index in [2.05, 4.69) is 10.3 Å². The SMILES string of the molecule is COc1ccc(C)cc1-c1csc(NC(=O)CCc2ccccc2O)n1. The van der Waals surface area contributed by atoms with Crippen LogP contribution in [0.25, 0.3) is 11.3 Å². The highest BCUT2D eigenvalue weighted by molar-refractivity contribution is 7.14. The number of amides is 1. The number of phenolic OH excluding ortho intramolecular Hbond substituents is 1. The number of anilines is 1. The van der Waals surface area contributed by atoms with E-state index in [1.54, 1.807) is 19.2 Å². The first-order valence-electron chi connectivity index (χ1n) is 8.24. The number of aromatic nitrogens is 1. The molecular weight excluding hydrogens is 348 g/mol. The molecular formula is C20H20N2O3S. The van der Waals surface area contributed by atoms with Gasteiger partial charge in [0, 0.05) is 17.4 Å². The van der Waals surface area contributed by atoms with E-state index in [1.165, 1.54) is 11.3 Å². The molecule has 26 heavy (non-hydrogen) atoms. The minimum atomic E-state index is -0.134. The number of thiazole rings is 1. The quantitative estimate of drug-likeness (QED) is 0.676. The molecule has 6 heteroatoms. The average molecular weight is 368 g/mol. The molecule has 5 nitrogen and oxygen atoms in total. The second-order valence-electron chi connectivity index (χ2n) is 5.92. The summed E-state index contributed by atoms with van der Waals surface area (Å²) in [5.41, 5.74) is 3.54. The van der Waals surface area contributed by atoms with Gasteiger partial charge in [0.1, 0.15) is 11.5 Å². The number of nitrogens with zero attached hydrogens (tertiary/aromatic N) is 1. The number of aryl methyl sites for hydroxylation is 2. The standard InChI is InChI=1S/C20H20N2O3S/c1-13-7-9-18(25-2)15(11-13)16-12-26-20(21-16)22-19(24)10-8-14-5-3-4-6-17(14)23/h3-7,9,11-12,23H,8,10H2,1-2H3,(H,21,22,24). The molecule has 0 saturated carbocycles. The van der Waals surface area contributed by atoms with Crippen molar-refractivity contribution in [2.75, 3.05) is 12.4 Å². The summed E-state index contributed by atoms with van der Waals surface area (Å²) < 4.78 is 5.40. The fourth-order valence-corrected chi connectivity index (χ4v) is 3.36. The maximum absolute atomic E-state index is 12.2. The van der Waals surface area contributed by atoms with Crippen molar-refractivity contribution in [1.29, 1.82) is 0 Å². The van der Waals surface area contributed by atoms with Gasteiger partial charge in [-0.1, -0.05) is 29.8 Å². The van der Waals surface area contributed by atoms with E-state index in [0.717, 1.165) is 28.1 Å². The molecule has 0 bridgehead atoms. The van der Waals surface area contributed by atoms with Crippen molar-refractivity contribution in [2.45, 2.75) is 19.8 Å². The number of phenols is 1. The van der Waals surface area contributed by atoms with Gasteiger partial charge in [-0.2, -0.15) is 0 Å². The number of hydrogen-bond donors (Lipinski definition) is 2. The van der Waals surface area contributed by atoms with Gasteiger partial charge < -0.3 is 15.2 Å². The van der Waals surface area contributed by atoms with Crippen molar-refractivity contribution in [3.8, 4) is 22.8 Å². The lowest BCUT2D eigenvalue weighted by Crippen LogP contribution is -2.12. The van der Waals surface area contributed by atoms with E-state index < -0.39 is 0 Å². The third kappa shape index (κ3) is 4.21. The number of carbonyl (C=O) groups excluding carboxylic acids is 1. The van der Waals surface area contributed by atoms with Gasteiger partial charge in [-0.15, -0.1) is 11.3 Å². The van der Waals surface area contributed by atoms with Crippen LogP contribution in [0.15, 0.2) is 47.8 Å². The van der Waals surface area contributed by atoms with Crippen LogP contribution in [0.1, 0.15) is 17.5 Å². The minimum Gasteiger partial charge on any atom is -0.508 e. The highest BCUT2D eigenvalue weighted by Gasteiger charge is 2.12. The molecule has 3 rings (SSSR count). The number of carbonyl (C=O) groups is 1. The summed E-state index contributed by atoms with van der Waals surface area (Å²) >= 11 is 1.37. The van der Waals surface area contributed by atoms with Crippen LogP contribution in [0.5, 0.6) is 11.5 Å². The Kier molecular flexibility index (Phi) is 5.53. The van der Waals surface area contributed by atoms with Crippen LogP contribution in [0.2, 0.25) is 0 Å². The monoisotopic (exact) mass is 368 g/mol. The molecule has 1 amide bonds. The lowest BCUT2D eigenvalue weighted by molar-refractivity contribution is -0.116. The molecule has 0 aliphatic heterocycles. The van der Waals surface area contributed by atoms with Gasteiger partial charge in [-0.3, -0.25) is 4.79 Å². The van der Waals surface area contributed by atoms with Crippen LogP contribution >= 0.6 is 11.3 Å². The van der Waals surface area contributed by atoms with Crippen LogP contribution in [0, 0.1) is 6.92 Å². The first kappa shape index (κ1) is 17.9. The van der Waals surface area contributed by atoms with E-state index in [1.807, 2.05) is 42.6 Å². The third-order valence-corrected chi connectivity index (χ3v) is 4.75. The molecule has 0 aliphatic rings. The second kappa shape index (κ2) is 8.01. The zero-order valence-corrected chi connectivity index (χ0v) is 15.5. The summed E-state index contributed by atoms with van der Waals surface area (Å²) in [5, 5.41) is 15.0. The number of aromatic hydroxyl groups is 1. The van der Waals surface area contributed by atoms with Crippen LogP contribution in [-0.4, -0.2) is 23.1 Å². The van der Waals surface area contributed by atoms with Crippen molar-refractivity contribution >= 4 is 22.4 Å². The topological polar surface area (TPSA) is 71.5 Å². The zero-order chi connectivity index (χ0) is 18.5. The molecule has 0 radical (unpaired) electrons. The summed E-state index contributed by atoms with van der Waals surface area (Å²) in [6.07, 6.45) is 0.753. The van der Waals surface area contributed by atoms with Crippen LogP contribution in [0.3, 0.4) is 0 Å².